The lowest BCUT2D eigenvalue weighted by Gasteiger charge is -2.22. The van der Waals surface area contributed by atoms with Gasteiger partial charge in [-0.15, -0.1) is 0 Å². The van der Waals surface area contributed by atoms with Gasteiger partial charge in [-0.1, -0.05) is 13.3 Å². The lowest BCUT2D eigenvalue weighted by Crippen LogP contribution is -2.46. The summed E-state index contributed by atoms with van der Waals surface area (Å²) >= 11 is 0. The number of nitrogens with zero attached hydrogens (tertiary/aromatic N) is 2. The smallest absolute Gasteiger partial charge is 0.261 e. The summed E-state index contributed by atoms with van der Waals surface area (Å²) in [5, 5.41) is 10.0. The standard InChI is InChI=1S/C21H29N5O3/c1-3-13(10-22-19(27)15-6-4-5-14(15)12-7-8-12)24-20(28)16-9-18-17(25-21(16)29)11-23-26(18)2/h9,11-15H,3-8,10H2,1-2H3,(H,22,27)(H,24,28)(H,25,29)/t13-,14+,15-/m1/s1. The van der Waals surface area contributed by atoms with Gasteiger partial charge in [-0.05, 0) is 50.0 Å². The van der Waals surface area contributed by atoms with Gasteiger partial charge in [0.1, 0.15) is 5.56 Å². The van der Waals surface area contributed by atoms with Crippen LogP contribution in [0.2, 0.25) is 0 Å². The predicted octanol–water partition coefficient (Wildman–Crippen LogP) is 1.71. The van der Waals surface area contributed by atoms with E-state index in [0.717, 1.165) is 25.2 Å². The molecule has 3 N–H and O–H groups in total. The van der Waals surface area contributed by atoms with Gasteiger partial charge in [0.2, 0.25) is 5.91 Å². The van der Waals surface area contributed by atoms with Gasteiger partial charge in [-0.3, -0.25) is 19.1 Å². The Labute approximate surface area is 169 Å². The van der Waals surface area contributed by atoms with Crippen molar-refractivity contribution >= 4 is 22.8 Å². The van der Waals surface area contributed by atoms with Crippen LogP contribution in [0.1, 0.15) is 55.8 Å². The Morgan fingerprint density at radius 3 is 2.83 bits per heavy atom. The number of hydrogen-bond acceptors (Lipinski definition) is 4. The van der Waals surface area contributed by atoms with Crippen molar-refractivity contribution < 1.29 is 9.59 Å². The van der Waals surface area contributed by atoms with E-state index in [-0.39, 0.29) is 23.4 Å². The Hall–Kier alpha value is -2.64. The van der Waals surface area contributed by atoms with Crippen LogP contribution in [-0.2, 0) is 11.8 Å². The SMILES string of the molecule is CC[C@H](CNC(=O)[C@@H]1CCC[C@H]1C1CC1)NC(=O)c1cc2c(cnn2C)[nH]c1=O. The maximum absolute atomic E-state index is 12.7. The maximum Gasteiger partial charge on any atom is 0.261 e. The molecule has 3 atom stereocenters. The van der Waals surface area contributed by atoms with Crippen LogP contribution in [0.15, 0.2) is 17.1 Å². The second kappa shape index (κ2) is 8.00. The molecule has 0 radical (unpaired) electrons. The van der Waals surface area contributed by atoms with Crippen molar-refractivity contribution in [3.63, 3.8) is 0 Å². The van der Waals surface area contributed by atoms with Crippen molar-refractivity contribution in [1.82, 2.24) is 25.4 Å². The topological polar surface area (TPSA) is 109 Å². The third-order valence-corrected chi connectivity index (χ3v) is 6.49. The number of amides is 2. The molecule has 2 amide bonds. The Kier molecular flexibility index (Phi) is 5.43. The van der Waals surface area contributed by atoms with E-state index in [1.807, 2.05) is 6.92 Å². The molecule has 2 aliphatic rings. The fourth-order valence-electron chi connectivity index (χ4n) is 4.59. The van der Waals surface area contributed by atoms with Crippen molar-refractivity contribution in [1.29, 1.82) is 0 Å². The molecule has 2 aliphatic carbocycles. The van der Waals surface area contributed by atoms with Gasteiger partial charge in [0.15, 0.2) is 0 Å². The maximum atomic E-state index is 12.7. The first-order chi connectivity index (χ1) is 14.0. The van der Waals surface area contributed by atoms with Gasteiger partial charge in [0.25, 0.3) is 11.5 Å². The van der Waals surface area contributed by atoms with E-state index in [1.165, 1.54) is 12.8 Å². The fraction of sp³-hybridized carbons (Fsp3) is 0.619. The molecule has 0 saturated heterocycles. The van der Waals surface area contributed by atoms with Gasteiger partial charge < -0.3 is 15.6 Å². The summed E-state index contributed by atoms with van der Waals surface area (Å²) in [7, 11) is 1.75. The molecule has 0 bridgehead atoms. The summed E-state index contributed by atoms with van der Waals surface area (Å²) in [5.41, 5.74) is 0.883. The van der Waals surface area contributed by atoms with Crippen LogP contribution in [0.4, 0.5) is 0 Å². The largest absolute Gasteiger partial charge is 0.354 e. The molecule has 0 spiro atoms. The number of carbonyl (C=O) groups excluding carboxylic acids is 2. The average Bonchev–Trinajstić information content (AvgIpc) is 3.33. The van der Waals surface area contributed by atoms with Gasteiger partial charge in [-0.25, -0.2) is 0 Å². The first-order valence-electron chi connectivity index (χ1n) is 10.6. The van der Waals surface area contributed by atoms with Crippen LogP contribution in [0.3, 0.4) is 0 Å². The lowest BCUT2D eigenvalue weighted by atomic mass is 9.90. The normalized spacial score (nSPS) is 22.6. The monoisotopic (exact) mass is 399 g/mol. The zero-order chi connectivity index (χ0) is 20.5. The minimum absolute atomic E-state index is 0.0514. The first kappa shape index (κ1) is 19.7. The predicted molar refractivity (Wildman–Crippen MR) is 109 cm³/mol. The Morgan fingerprint density at radius 1 is 1.31 bits per heavy atom. The van der Waals surface area contributed by atoms with Crippen LogP contribution in [0.25, 0.3) is 11.0 Å². The highest BCUT2D eigenvalue weighted by atomic mass is 16.2. The molecule has 156 valence electrons. The highest BCUT2D eigenvalue weighted by Gasteiger charge is 2.42. The number of hydrogen-bond donors (Lipinski definition) is 3. The quantitative estimate of drug-likeness (QED) is 0.658. The second-order valence-electron chi connectivity index (χ2n) is 8.44. The van der Waals surface area contributed by atoms with Crippen molar-refractivity contribution in [3.8, 4) is 0 Å². The van der Waals surface area contributed by atoms with E-state index in [2.05, 4.69) is 20.7 Å². The molecule has 2 aromatic heterocycles. The summed E-state index contributed by atoms with van der Waals surface area (Å²) in [4.78, 5) is 40.3. The molecule has 0 unspecified atom stereocenters. The average molecular weight is 399 g/mol. The van der Waals surface area contributed by atoms with Crippen LogP contribution in [-0.4, -0.2) is 39.2 Å². The summed E-state index contributed by atoms with van der Waals surface area (Å²) in [6, 6.07) is 1.33. The minimum Gasteiger partial charge on any atom is -0.354 e. The second-order valence-corrected chi connectivity index (χ2v) is 8.44. The highest BCUT2D eigenvalue weighted by molar-refractivity contribution is 5.96. The first-order valence-corrected chi connectivity index (χ1v) is 10.6. The molecule has 0 aliphatic heterocycles. The molecule has 8 heteroatoms. The van der Waals surface area contributed by atoms with Crippen molar-refractivity contribution in [2.45, 2.75) is 51.5 Å². The highest BCUT2D eigenvalue weighted by Crippen LogP contribution is 2.48. The number of carbonyl (C=O) groups is 2. The molecule has 2 saturated carbocycles. The Morgan fingerprint density at radius 2 is 2.10 bits per heavy atom. The number of nitrogens with one attached hydrogen (secondary N) is 3. The molecule has 29 heavy (non-hydrogen) atoms. The Bertz CT molecular complexity index is 974. The number of aryl methyl sites for hydroxylation is 1. The third kappa shape index (κ3) is 4.06. The number of fused-ring (bicyclic) bond motifs is 1. The van der Waals surface area contributed by atoms with Crippen LogP contribution >= 0.6 is 0 Å². The minimum atomic E-state index is -0.444. The molecule has 4 rings (SSSR count). The molecule has 8 nitrogen and oxygen atoms in total. The number of aromatic nitrogens is 3. The van der Waals surface area contributed by atoms with Crippen molar-refractivity contribution in [2.75, 3.05) is 6.54 Å². The number of rotatable bonds is 7. The summed E-state index contributed by atoms with van der Waals surface area (Å²) in [6.45, 7) is 2.33. The molecule has 2 aromatic rings. The van der Waals surface area contributed by atoms with E-state index in [9.17, 15) is 14.4 Å². The van der Waals surface area contributed by atoms with E-state index in [1.54, 1.807) is 24.0 Å². The van der Waals surface area contributed by atoms with Gasteiger partial charge >= 0.3 is 0 Å². The lowest BCUT2D eigenvalue weighted by molar-refractivity contribution is -0.126. The summed E-state index contributed by atoms with van der Waals surface area (Å²) in [5.74, 6) is 1.07. The zero-order valence-corrected chi connectivity index (χ0v) is 17.0. The van der Waals surface area contributed by atoms with E-state index in [0.29, 0.717) is 29.9 Å². The van der Waals surface area contributed by atoms with E-state index < -0.39 is 11.5 Å². The number of aromatic amines is 1. The van der Waals surface area contributed by atoms with Gasteiger partial charge in [0.05, 0.1) is 17.2 Å². The fourth-order valence-corrected chi connectivity index (χ4v) is 4.59. The zero-order valence-electron chi connectivity index (χ0n) is 17.0. The molecular weight excluding hydrogens is 370 g/mol. The molecule has 0 aromatic carbocycles. The van der Waals surface area contributed by atoms with Crippen LogP contribution in [0, 0.1) is 17.8 Å². The summed E-state index contributed by atoms with van der Waals surface area (Å²) in [6.07, 6.45) is 8.00. The van der Waals surface area contributed by atoms with E-state index in [4.69, 9.17) is 0 Å². The van der Waals surface area contributed by atoms with Gasteiger partial charge in [-0.2, -0.15) is 5.10 Å². The number of pyridine rings is 1. The molecule has 2 fully saturated rings. The third-order valence-electron chi connectivity index (χ3n) is 6.49. The van der Waals surface area contributed by atoms with Gasteiger partial charge in [0, 0.05) is 25.6 Å². The molecule has 2 heterocycles. The van der Waals surface area contributed by atoms with E-state index >= 15 is 0 Å². The number of H-pyrrole nitrogens is 1. The van der Waals surface area contributed by atoms with Crippen molar-refractivity contribution in [3.05, 3.63) is 28.2 Å². The Balaban J connectivity index is 1.38. The van der Waals surface area contributed by atoms with Crippen LogP contribution in [0.5, 0.6) is 0 Å². The van der Waals surface area contributed by atoms with Crippen LogP contribution < -0.4 is 16.2 Å². The molecular formula is C21H29N5O3. The van der Waals surface area contributed by atoms with Crippen molar-refractivity contribution in [2.24, 2.45) is 24.8 Å². The summed E-state index contributed by atoms with van der Waals surface area (Å²) < 4.78 is 1.61.